The third-order valence-electron chi connectivity index (χ3n) is 9.95. The number of nitrogens with zero attached hydrogens (tertiary/aromatic N) is 1. The van der Waals surface area contributed by atoms with Gasteiger partial charge in [0.15, 0.2) is 5.78 Å². The molecule has 0 radical (unpaired) electrons. The number of carbonyl (C=O) groups is 6. The Hall–Kier alpha value is -2.84. The van der Waals surface area contributed by atoms with Gasteiger partial charge in [-0.05, 0) is 39.0 Å². The van der Waals surface area contributed by atoms with E-state index in [1.807, 2.05) is 90.0 Å². The van der Waals surface area contributed by atoms with E-state index >= 15 is 0 Å². The number of hydrogen-bond donors (Lipinski definition) is 0. The van der Waals surface area contributed by atoms with Crippen molar-refractivity contribution in [3.63, 3.8) is 0 Å². The Bertz CT molecular complexity index is 1990. The molecule has 2 atom stereocenters. The molecule has 0 bridgehead atoms. The van der Waals surface area contributed by atoms with E-state index < -0.39 is 68.7 Å². The lowest BCUT2D eigenvalue weighted by Crippen LogP contribution is -2.28. The maximum absolute atomic E-state index is 12.0. The third-order valence-corrected chi connectivity index (χ3v) is 15.7. The highest BCUT2D eigenvalue weighted by Crippen LogP contribution is 2.52. The minimum absolute atomic E-state index is 0.00894. The highest BCUT2D eigenvalue weighted by molar-refractivity contribution is 7.58. The van der Waals surface area contributed by atoms with Crippen LogP contribution in [0, 0.1) is 58.7 Å². The van der Waals surface area contributed by atoms with Crippen molar-refractivity contribution in [1.29, 1.82) is 5.26 Å². The summed E-state index contributed by atoms with van der Waals surface area (Å²) in [5, 5.41) is 8.98. The average Bonchev–Trinajstić information content (AvgIpc) is 3.28. The van der Waals surface area contributed by atoms with E-state index in [9.17, 15) is 68.6 Å². The number of alkyl halides is 7. The molecule has 0 aromatic heterocycles. The van der Waals surface area contributed by atoms with Crippen LogP contribution in [0.25, 0.3) is 0 Å². The number of Topliss-reactive ketones (excluding diaryl/α,β-unsaturated/α-hetero) is 6. The molecule has 0 saturated carbocycles. The second-order valence-corrected chi connectivity index (χ2v) is 27.4. The van der Waals surface area contributed by atoms with Gasteiger partial charge < -0.3 is 13.6 Å². The summed E-state index contributed by atoms with van der Waals surface area (Å²) in [6.45, 7) is 42.4. The molecule has 0 aliphatic heterocycles. The van der Waals surface area contributed by atoms with Crippen molar-refractivity contribution in [1.82, 2.24) is 0 Å². The molecular weight excluding hydrogens is 1130 g/mol. The van der Waals surface area contributed by atoms with Gasteiger partial charge in [-0.1, -0.05) is 155 Å². The molecular formula is C56H98Cl2F7NO11P2. The van der Waals surface area contributed by atoms with Gasteiger partial charge in [0.05, 0.1) is 48.9 Å². The molecule has 0 amide bonds. The van der Waals surface area contributed by atoms with Crippen molar-refractivity contribution in [3.8, 4) is 6.07 Å². The van der Waals surface area contributed by atoms with Crippen LogP contribution in [0.2, 0.25) is 10.0 Å². The van der Waals surface area contributed by atoms with Crippen LogP contribution in [0.4, 0.5) is 30.7 Å². The zero-order chi connectivity index (χ0) is 65.0. The lowest BCUT2D eigenvalue weighted by atomic mass is 9.98. The summed E-state index contributed by atoms with van der Waals surface area (Å²) in [7, 11) is -5.06. The summed E-state index contributed by atoms with van der Waals surface area (Å²) in [4.78, 5) is 64.6. The Balaban J connectivity index is -0.000000151. The zero-order valence-corrected chi connectivity index (χ0v) is 55.1. The lowest BCUT2D eigenvalue weighted by molar-refractivity contribution is -0.174. The van der Waals surface area contributed by atoms with E-state index in [0.717, 1.165) is 6.92 Å². The van der Waals surface area contributed by atoms with Crippen molar-refractivity contribution in [3.05, 3.63) is 33.8 Å². The van der Waals surface area contributed by atoms with Gasteiger partial charge in [-0.15, -0.1) is 0 Å². The fourth-order valence-corrected chi connectivity index (χ4v) is 7.42. The predicted molar refractivity (Wildman–Crippen MR) is 307 cm³/mol. The summed E-state index contributed by atoms with van der Waals surface area (Å²) in [6.07, 6.45) is -4.59. The number of hydrogen-bond acceptors (Lipinski definition) is 12. The monoisotopic (exact) mass is 1230 g/mol. The van der Waals surface area contributed by atoms with Crippen molar-refractivity contribution >= 4 is 72.9 Å². The van der Waals surface area contributed by atoms with Gasteiger partial charge in [0, 0.05) is 84.6 Å². The van der Waals surface area contributed by atoms with Gasteiger partial charge in [0.2, 0.25) is 18.9 Å². The van der Waals surface area contributed by atoms with Crippen molar-refractivity contribution in [2.75, 3.05) is 26.5 Å². The van der Waals surface area contributed by atoms with E-state index in [1.165, 1.54) is 27.7 Å². The van der Waals surface area contributed by atoms with Crippen molar-refractivity contribution < 1.29 is 82.2 Å². The normalized spacial score (nSPS) is 12.5. The van der Waals surface area contributed by atoms with Crippen molar-refractivity contribution in [2.24, 2.45) is 47.3 Å². The van der Waals surface area contributed by atoms with Gasteiger partial charge in [0.1, 0.15) is 17.3 Å². The summed E-state index contributed by atoms with van der Waals surface area (Å²) in [6, 6.07) is 6.71. The number of benzene rings is 1. The Morgan fingerprint density at radius 1 is 0.557 bits per heavy atom. The molecule has 466 valence electrons. The molecule has 79 heavy (non-hydrogen) atoms. The topological polar surface area (TPSA) is 188 Å². The highest BCUT2D eigenvalue weighted by atomic mass is 35.5. The molecule has 12 nitrogen and oxygen atoms in total. The number of nitriles is 1. The number of carbonyl (C=O) groups excluding carboxylic acids is 6. The van der Waals surface area contributed by atoms with E-state index in [2.05, 4.69) is 0 Å². The van der Waals surface area contributed by atoms with E-state index in [1.54, 1.807) is 58.6 Å². The third kappa shape index (κ3) is 48.4. The molecule has 1 aromatic carbocycles. The summed E-state index contributed by atoms with van der Waals surface area (Å²) in [5.41, 5.74) is 0.640. The van der Waals surface area contributed by atoms with Gasteiger partial charge in [-0.25, -0.2) is 0 Å². The molecule has 0 fully saturated rings. The van der Waals surface area contributed by atoms with E-state index in [-0.39, 0.29) is 64.7 Å². The van der Waals surface area contributed by atoms with Crippen molar-refractivity contribution in [2.45, 2.75) is 208 Å². The largest absolute Gasteiger partial charge is 0.391 e. The van der Waals surface area contributed by atoms with E-state index in [0.29, 0.717) is 55.1 Å². The second kappa shape index (κ2) is 44.7. The average molecular weight is 1230 g/mol. The van der Waals surface area contributed by atoms with Gasteiger partial charge in [-0.2, -0.15) is 36.0 Å². The second-order valence-electron chi connectivity index (χ2n) is 20.8. The molecule has 0 aliphatic carbocycles. The van der Waals surface area contributed by atoms with Crippen LogP contribution >= 0.6 is 38.2 Å². The first-order valence-electron chi connectivity index (χ1n) is 26.2. The van der Waals surface area contributed by atoms with Gasteiger partial charge >= 0.3 is 25.6 Å². The molecule has 0 N–H and O–H groups in total. The molecule has 1 aromatic rings. The van der Waals surface area contributed by atoms with Crippen LogP contribution in [0.15, 0.2) is 18.2 Å². The first kappa shape index (κ1) is 89.9. The van der Waals surface area contributed by atoms with Gasteiger partial charge in [-0.3, -0.25) is 37.9 Å². The first-order valence-corrected chi connectivity index (χ1v) is 30.8. The Morgan fingerprint density at radius 3 is 1.08 bits per heavy atom. The van der Waals surface area contributed by atoms with Crippen LogP contribution < -0.4 is 0 Å². The molecule has 0 spiro atoms. The molecule has 0 heterocycles. The summed E-state index contributed by atoms with van der Waals surface area (Å²) < 4.78 is 122. The Morgan fingerprint density at radius 2 is 0.911 bits per heavy atom. The maximum atomic E-state index is 12.0. The fourth-order valence-electron chi connectivity index (χ4n) is 4.72. The Labute approximate surface area is 480 Å². The molecule has 23 heteroatoms. The smallest absolute Gasteiger partial charge is 0.329 e. The summed E-state index contributed by atoms with van der Waals surface area (Å²) in [5.74, 6) is -10.8. The molecule has 0 saturated heterocycles. The quantitative estimate of drug-likeness (QED) is 0.0644. The summed E-state index contributed by atoms with van der Waals surface area (Å²) >= 11 is 11.6. The SMILES string of the molecule is CC(C)C(=O)C(C)(F)F.CC(C)C(=O)C(C)(F)F.CC(C)C(=O)C(C)C.CC(C)C(=O)CC#N.CC(C)C(=O)CC(C)C(F)(F)F.CC(C)C(=O)c1ccc(Cl)cc1Cl.CCOP(=O)(OCC)C(C)C.CCOP(C)(=O)C(C)C. The number of halogens is 9. The number of rotatable bonds is 21. The molecule has 2 unspecified atom stereocenters. The minimum atomic E-state index is -4.25. The van der Waals surface area contributed by atoms with Crippen LogP contribution in [-0.4, -0.2) is 90.5 Å². The zero-order valence-electron chi connectivity index (χ0n) is 51.8. The first-order chi connectivity index (χ1) is 35.3. The predicted octanol–water partition coefficient (Wildman–Crippen LogP) is 18.4. The molecule has 1 rings (SSSR count). The highest BCUT2D eigenvalue weighted by Gasteiger charge is 2.37. The van der Waals surface area contributed by atoms with Crippen LogP contribution in [0.1, 0.15) is 189 Å². The minimum Gasteiger partial charge on any atom is -0.329 e. The number of ketones is 6. The van der Waals surface area contributed by atoms with Crippen LogP contribution in [0.3, 0.4) is 0 Å². The van der Waals surface area contributed by atoms with Gasteiger partial charge in [0.25, 0.3) is 0 Å². The molecule has 0 aliphatic rings. The maximum Gasteiger partial charge on any atom is 0.391 e. The van der Waals surface area contributed by atoms with E-state index in [4.69, 9.17) is 42.0 Å². The Kier molecular flexibility index (Phi) is 50.9. The lowest BCUT2D eigenvalue weighted by Gasteiger charge is -2.19. The fraction of sp³-hybridized carbons (Fsp3) is 0.768. The standard InChI is InChI=1S/C10H10Cl2O.C8H13F3O.C7H17O3P.C7H14O.2C6H10F2O.C6H9NO.C6H15O2P/c1-6(2)10(13)8-4-3-7(11)5-9(8)12;1-5(2)7(12)4-6(3)8(9,10)11;1-5-9-11(8,7(3)4)10-6-2;1-5(2)7(8)6(3)4;2*1-4(2)5(9)6(3,7)8;1-5(2)6(8)3-4-7;1-5-8-9(4,7)6(2)3/h3-6H,1-2H3;5-6H,4H2,1-3H3;7H,5-6H2,1-4H3;5-6H,1-4H3;2*4H,1-3H3;5H,3H2,1-2H3;6H,5H2,1-4H3. The van der Waals surface area contributed by atoms with Crippen LogP contribution in [0.5, 0.6) is 0 Å². The van der Waals surface area contributed by atoms with Crippen LogP contribution in [-0.2, 0) is 46.7 Å².